The topological polar surface area (TPSA) is 152 Å². The van der Waals surface area contributed by atoms with Crippen molar-refractivity contribution in [3.63, 3.8) is 0 Å². The van der Waals surface area contributed by atoms with Crippen LogP contribution in [0.15, 0.2) is 127 Å². The van der Waals surface area contributed by atoms with E-state index in [9.17, 15) is 24.8 Å². The minimum absolute atomic E-state index is 0.112. The van der Waals surface area contributed by atoms with Gasteiger partial charge in [0.1, 0.15) is 6.61 Å². The van der Waals surface area contributed by atoms with Crippen molar-refractivity contribution in [1.29, 1.82) is 0 Å². The van der Waals surface area contributed by atoms with E-state index in [0.29, 0.717) is 30.0 Å². The summed E-state index contributed by atoms with van der Waals surface area (Å²) in [5.41, 5.74) is 4.99. The number of hydrogen-bond acceptors (Lipinski definition) is 9. The molecule has 2 amide bonds. The first-order chi connectivity index (χ1) is 25.2. The number of rotatable bonds is 15. The molecule has 12 heteroatoms. The van der Waals surface area contributed by atoms with E-state index in [1.54, 1.807) is 30.3 Å². The number of ether oxygens (including phenoxy) is 3. The van der Waals surface area contributed by atoms with Crippen LogP contribution in [-0.4, -0.2) is 54.4 Å². The molecule has 1 atom stereocenters. The number of aliphatic hydroxyl groups excluding tert-OH is 1. The lowest BCUT2D eigenvalue weighted by Crippen LogP contribution is -2.33. The van der Waals surface area contributed by atoms with E-state index in [4.69, 9.17) is 14.2 Å². The summed E-state index contributed by atoms with van der Waals surface area (Å²) in [6, 6.07) is 38.5. The zero-order valence-electron chi connectivity index (χ0n) is 28.8. The Bertz CT molecular complexity index is 1860. The Morgan fingerprint density at radius 2 is 1.21 bits per heavy atom. The van der Waals surface area contributed by atoms with E-state index in [0.717, 1.165) is 22.3 Å². The van der Waals surface area contributed by atoms with Crippen molar-refractivity contribution in [3.05, 3.63) is 165 Å². The average Bonchev–Trinajstić information content (AvgIpc) is 3.17. The summed E-state index contributed by atoms with van der Waals surface area (Å²) >= 11 is 0. The van der Waals surface area contributed by atoms with Gasteiger partial charge in [0, 0.05) is 43.0 Å². The molecule has 0 aliphatic heterocycles. The first-order valence-corrected chi connectivity index (χ1v) is 16.5. The lowest BCUT2D eigenvalue weighted by atomic mass is 9.90. The molecule has 0 fully saturated rings. The van der Waals surface area contributed by atoms with Gasteiger partial charge in [-0.05, 0) is 58.1 Å². The van der Waals surface area contributed by atoms with E-state index in [-0.39, 0.29) is 30.5 Å². The maximum Gasteiger partial charge on any atom is 0.411 e. The van der Waals surface area contributed by atoms with E-state index in [2.05, 4.69) is 15.5 Å². The molecule has 0 saturated heterocycles. The molecule has 268 valence electrons. The van der Waals surface area contributed by atoms with E-state index in [1.807, 2.05) is 84.9 Å². The number of carbonyl (C=O) groups excluding carboxylic acids is 2. The second kappa shape index (κ2) is 18.1. The summed E-state index contributed by atoms with van der Waals surface area (Å²) in [5, 5.41) is 29.0. The van der Waals surface area contributed by atoms with Crippen molar-refractivity contribution in [3.8, 4) is 5.75 Å². The number of hydrogen-bond donors (Lipinski definition) is 3. The molecule has 3 N–H and O–H groups in total. The fourth-order valence-electron chi connectivity index (χ4n) is 5.73. The second-order valence-corrected chi connectivity index (χ2v) is 12.0. The first-order valence-electron chi connectivity index (χ1n) is 16.5. The number of aliphatic hydroxyl groups is 1. The molecule has 12 nitrogen and oxygen atoms in total. The highest BCUT2D eigenvalue weighted by Gasteiger charge is 2.24. The fourth-order valence-corrected chi connectivity index (χ4v) is 5.73. The number of nitro groups is 1. The predicted octanol–water partition coefficient (Wildman–Crippen LogP) is 7.90. The number of methoxy groups -OCH3 is 2. The van der Waals surface area contributed by atoms with Crippen LogP contribution in [-0.2, 0) is 22.6 Å². The van der Waals surface area contributed by atoms with Gasteiger partial charge in [-0.15, -0.1) is 0 Å². The lowest BCUT2D eigenvalue weighted by molar-refractivity contribution is -0.386. The summed E-state index contributed by atoms with van der Waals surface area (Å²) in [5.74, 6) is -0.125. The number of anilines is 2. The largest absolute Gasteiger partial charge is 0.482 e. The lowest BCUT2D eigenvalue weighted by Gasteiger charge is -2.30. The molecular formula is C40H40N4O8. The molecule has 5 rings (SSSR count). The molecule has 0 saturated carbocycles. The van der Waals surface area contributed by atoms with Gasteiger partial charge in [0.05, 0.1) is 25.2 Å². The second-order valence-electron chi connectivity index (χ2n) is 12.0. The highest BCUT2D eigenvalue weighted by atomic mass is 16.6. The summed E-state index contributed by atoms with van der Waals surface area (Å²) < 4.78 is 15.3. The van der Waals surface area contributed by atoms with Crippen LogP contribution < -0.4 is 15.4 Å². The van der Waals surface area contributed by atoms with E-state index in [1.165, 1.54) is 26.4 Å². The standard InChI is InChI=1S/C40H40N4O8/c1-50-39(46)41-33-18-13-30(14-19-33)35(31-15-20-34(21-16-31)42-40(47)51-2)25-43(24-28-9-5-3-6-10-28)26-37(45)32-17-22-38(36(23-32)44(48)49)52-27-29-11-7-4-8-12-29/h3-23,35,37,45H,24-27H2,1-2H3,(H,41,46)(H,42,47)/t37-/m0/s1. The van der Waals surface area contributed by atoms with Crippen molar-refractivity contribution < 1.29 is 33.8 Å². The zero-order chi connectivity index (χ0) is 36.9. The van der Waals surface area contributed by atoms with Gasteiger partial charge in [0.15, 0.2) is 5.75 Å². The fraction of sp³-hybridized carbons (Fsp3) is 0.200. The Morgan fingerprint density at radius 1 is 0.712 bits per heavy atom. The van der Waals surface area contributed by atoms with Gasteiger partial charge in [0.2, 0.25) is 0 Å². The first kappa shape index (κ1) is 37.0. The minimum atomic E-state index is -1.08. The quantitative estimate of drug-likeness (QED) is 0.0729. The van der Waals surface area contributed by atoms with Crippen molar-refractivity contribution in [2.45, 2.75) is 25.2 Å². The van der Waals surface area contributed by atoms with Gasteiger partial charge in [-0.2, -0.15) is 0 Å². The maximum absolute atomic E-state index is 12.1. The number of nitro benzene ring substituents is 1. The average molecular weight is 705 g/mol. The molecule has 0 bridgehead atoms. The number of nitrogens with zero attached hydrogens (tertiary/aromatic N) is 2. The Kier molecular flexibility index (Phi) is 12.9. The van der Waals surface area contributed by atoms with E-state index < -0.39 is 23.2 Å². The summed E-state index contributed by atoms with van der Waals surface area (Å²) in [4.78, 5) is 37.3. The van der Waals surface area contributed by atoms with Crippen molar-refractivity contribution in [2.24, 2.45) is 0 Å². The van der Waals surface area contributed by atoms with Crippen LogP contribution in [0.1, 0.15) is 39.8 Å². The predicted molar refractivity (Wildman–Crippen MR) is 197 cm³/mol. The van der Waals surface area contributed by atoms with Crippen LogP contribution in [0.5, 0.6) is 5.75 Å². The van der Waals surface area contributed by atoms with Gasteiger partial charge < -0.3 is 19.3 Å². The van der Waals surface area contributed by atoms with Gasteiger partial charge in [-0.25, -0.2) is 9.59 Å². The molecule has 52 heavy (non-hydrogen) atoms. The number of amides is 2. The molecule has 0 heterocycles. The van der Waals surface area contributed by atoms with E-state index >= 15 is 0 Å². The molecule has 0 aliphatic rings. The molecular weight excluding hydrogens is 664 g/mol. The Hall–Kier alpha value is -6.24. The smallest absolute Gasteiger partial charge is 0.411 e. The third kappa shape index (κ3) is 10.4. The van der Waals surface area contributed by atoms with Crippen molar-refractivity contribution >= 4 is 29.2 Å². The van der Waals surface area contributed by atoms with Crippen LogP contribution in [0.2, 0.25) is 0 Å². The van der Waals surface area contributed by atoms with Crippen molar-refractivity contribution in [2.75, 3.05) is 37.9 Å². The number of nitrogens with one attached hydrogen (secondary N) is 2. The monoisotopic (exact) mass is 704 g/mol. The highest BCUT2D eigenvalue weighted by molar-refractivity contribution is 5.85. The third-order valence-corrected chi connectivity index (χ3v) is 8.41. The molecule has 0 unspecified atom stereocenters. The molecule has 5 aromatic rings. The summed E-state index contributed by atoms with van der Waals surface area (Å²) in [6.45, 7) is 1.21. The normalized spacial score (nSPS) is 11.5. The Balaban J connectivity index is 1.44. The molecule has 0 spiro atoms. The van der Waals surface area contributed by atoms with Gasteiger partial charge in [-0.3, -0.25) is 25.6 Å². The van der Waals surface area contributed by atoms with Crippen LogP contribution in [0.3, 0.4) is 0 Å². The van der Waals surface area contributed by atoms with Crippen molar-refractivity contribution in [1.82, 2.24) is 4.90 Å². The molecule has 0 radical (unpaired) electrons. The molecule has 5 aromatic carbocycles. The maximum atomic E-state index is 12.1. The molecule has 0 aromatic heterocycles. The number of benzene rings is 5. The Morgan fingerprint density at radius 3 is 1.71 bits per heavy atom. The van der Waals surface area contributed by atoms with Gasteiger partial charge >= 0.3 is 17.9 Å². The Labute approximate surface area is 301 Å². The van der Waals surface area contributed by atoms with Gasteiger partial charge in [-0.1, -0.05) is 91.0 Å². The van der Waals surface area contributed by atoms with Crippen LogP contribution >= 0.6 is 0 Å². The van der Waals surface area contributed by atoms with Crippen LogP contribution in [0, 0.1) is 10.1 Å². The SMILES string of the molecule is COC(=O)Nc1ccc(C(CN(Cc2ccccc2)C[C@H](O)c2ccc(OCc3ccccc3)c([N+](=O)[O-])c2)c2ccc(NC(=O)OC)cc2)cc1. The summed E-state index contributed by atoms with van der Waals surface area (Å²) in [6.07, 6.45) is -2.25. The van der Waals surface area contributed by atoms with Gasteiger partial charge in [0.25, 0.3) is 0 Å². The van der Waals surface area contributed by atoms with Crippen LogP contribution in [0.25, 0.3) is 0 Å². The molecule has 0 aliphatic carbocycles. The van der Waals surface area contributed by atoms with Crippen LogP contribution in [0.4, 0.5) is 26.7 Å². The summed E-state index contributed by atoms with van der Waals surface area (Å²) in [7, 11) is 2.58. The minimum Gasteiger partial charge on any atom is -0.482 e. The number of carbonyl (C=O) groups is 2. The highest BCUT2D eigenvalue weighted by Crippen LogP contribution is 2.33. The zero-order valence-corrected chi connectivity index (χ0v) is 28.8. The third-order valence-electron chi connectivity index (χ3n) is 8.41.